The van der Waals surface area contributed by atoms with Gasteiger partial charge < -0.3 is 4.57 Å². The fourth-order valence-corrected chi connectivity index (χ4v) is 3.88. The van der Waals surface area contributed by atoms with Crippen LogP contribution in [0.5, 0.6) is 0 Å². The van der Waals surface area contributed by atoms with Crippen molar-refractivity contribution in [1.29, 1.82) is 0 Å². The van der Waals surface area contributed by atoms with Crippen molar-refractivity contribution in [1.82, 2.24) is 4.57 Å². The van der Waals surface area contributed by atoms with Crippen LogP contribution in [-0.2, 0) is 16.9 Å². The third kappa shape index (κ3) is 2.50. The molecule has 0 N–H and O–H groups in total. The van der Waals surface area contributed by atoms with Gasteiger partial charge in [0.15, 0.2) is 11.6 Å². The Kier molecular flexibility index (Phi) is 3.76. The molecule has 0 fully saturated rings. The van der Waals surface area contributed by atoms with Gasteiger partial charge in [0.05, 0.1) is 15.8 Å². The summed E-state index contributed by atoms with van der Waals surface area (Å²) in [7, 11) is -2.61. The Labute approximate surface area is 136 Å². The number of aromatic nitrogens is 1. The summed E-state index contributed by atoms with van der Waals surface area (Å²) in [6.07, 6.45) is 1.12. The van der Waals surface area contributed by atoms with Crippen LogP contribution in [-0.4, -0.2) is 13.0 Å². The van der Waals surface area contributed by atoms with Gasteiger partial charge in [0.2, 0.25) is 15.3 Å². The molecule has 24 heavy (non-hydrogen) atoms. The highest BCUT2D eigenvalue weighted by molar-refractivity contribution is 7.91. The molecule has 0 unspecified atom stereocenters. The van der Waals surface area contributed by atoms with Crippen molar-refractivity contribution in [3.05, 3.63) is 70.0 Å². The summed E-state index contributed by atoms with van der Waals surface area (Å²) in [5.74, 6) is -2.31. The molecule has 0 saturated carbocycles. The minimum absolute atomic E-state index is 0.0351. The molecule has 0 spiro atoms. The van der Waals surface area contributed by atoms with Gasteiger partial charge >= 0.3 is 0 Å². The molecule has 0 atom stereocenters. The Morgan fingerprint density at radius 3 is 2.21 bits per heavy atom. The summed E-state index contributed by atoms with van der Waals surface area (Å²) in [6, 6.07) is 7.63. The molecule has 0 bridgehead atoms. The predicted octanol–water partition coefficient (Wildman–Crippen LogP) is 2.96. The van der Waals surface area contributed by atoms with Gasteiger partial charge in [-0.15, -0.1) is 0 Å². The number of aryl methyl sites for hydroxylation is 2. The van der Waals surface area contributed by atoms with E-state index in [4.69, 9.17) is 0 Å². The number of hydrogen-bond donors (Lipinski definition) is 0. The first-order valence-electron chi connectivity index (χ1n) is 7.02. The minimum atomic E-state index is -4.07. The molecule has 1 aromatic heterocycles. The van der Waals surface area contributed by atoms with E-state index in [-0.39, 0.29) is 15.8 Å². The van der Waals surface area contributed by atoms with E-state index in [2.05, 4.69) is 0 Å². The van der Waals surface area contributed by atoms with Crippen LogP contribution in [0.4, 0.5) is 8.78 Å². The Morgan fingerprint density at radius 1 is 1.00 bits per heavy atom. The van der Waals surface area contributed by atoms with Crippen LogP contribution in [0.1, 0.15) is 5.56 Å². The average molecular weight is 349 g/mol. The van der Waals surface area contributed by atoms with Crippen LogP contribution < -0.4 is 5.43 Å². The summed E-state index contributed by atoms with van der Waals surface area (Å²) in [5.41, 5.74) is 0.127. The molecule has 3 rings (SSSR count). The molecule has 0 aliphatic carbocycles. The SMILES string of the molecule is Cc1ccc(S(=O)(=O)c2cn(C)c3cc(F)c(F)cc3c2=O)cc1. The lowest BCUT2D eigenvalue weighted by Crippen LogP contribution is -2.18. The molecule has 0 radical (unpaired) electrons. The number of rotatable bonds is 2. The normalized spacial score (nSPS) is 11.8. The molecule has 3 aromatic rings. The van der Waals surface area contributed by atoms with E-state index in [0.29, 0.717) is 0 Å². The molecule has 124 valence electrons. The second-order valence-corrected chi connectivity index (χ2v) is 7.45. The molecule has 0 aliphatic rings. The van der Waals surface area contributed by atoms with Crippen LogP contribution in [0.25, 0.3) is 10.9 Å². The van der Waals surface area contributed by atoms with Crippen LogP contribution in [0.3, 0.4) is 0 Å². The maximum Gasteiger partial charge on any atom is 0.211 e. The standard InChI is InChI=1S/C17H13F2NO3S/c1-10-3-5-11(6-4-10)24(22,23)16-9-20(2)15-8-14(19)13(18)7-12(15)17(16)21/h3-9H,1-2H3. The fourth-order valence-electron chi connectivity index (χ4n) is 2.48. The van der Waals surface area contributed by atoms with Gasteiger partial charge in [-0.2, -0.15) is 0 Å². The van der Waals surface area contributed by atoms with Crippen LogP contribution in [0.15, 0.2) is 57.2 Å². The largest absolute Gasteiger partial charge is 0.349 e. The second-order valence-electron chi connectivity index (χ2n) is 5.53. The zero-order valence-electron chi connectivity index (χ0n) is 12.9. The summed E-state index contributed by atoms with van der Waals surface area (Å²) >= 11 is 0. The maximum absolute atomic E-state index is 13.5. The molecule has 0 saturated heterocycles. The quantitative estimate of drug-likeness (QED) is 0.715. The first-order valence-corrected chi connectivity index (χ1v) is 8.50. The monoisotopic (exact) mass is 349 g/mol. The Bertz CT molecular complexity index is 1120. The van der Waals surface area contributed by atoms with E-state index in [1.165, 1.54) is 23.7 Å². The molecule has 7 heteroatoms. The number of fused-ring (bicyclic) bond motifs is 1. The predicted molar refractivity (Wildman–Crippen MR) is 85.7 cm³/mol. The van der Waals surface area contributed by atoms with Crippen molar-refractivity contribution in [2.75, 3.05) is 0 Å². The van der Waals surface area contributed by atoms with Crippen LogP contribution in [0, 0.1) is 18.6 Å². The lowest BCUT2D eigenvalue weighted by Gasteiger charge is -2.10. The maximum atomic E-state index is 13.5. The average Bonchev–Trinajstić information content (AvgIpc) is 2.53. The third-order valence-corrected chi connectivity index (χ3v) is 5.58. The van der Waals surface area contributed by atoms with Gasteiger partial charge in [0.25, 0.3) is 0 Å². The lowest BCUT2D eigenvalue weighted by molar-refractivity contribution is 0.510. The summed E-state index contributed by atoms with van der Waals surface area (Å²) < 4.78 is 53.6. The van der Waals surface area contributed by atoms with Crippen molar-refractivity contribution in [3.63, 3.8) is 0 Å². The van der Waals surface area contributed by atoms with E-state index in [0.717, 1.165) is 23.9 Å². The fraction of sp³-hybridized carbons (Fsp3) is 0.118. The number of benzene rings is 2. The van der Waals surface area contributed by atoms with Gasteiger partial charge in [-0.25, -0.2) is 17.2 Å². The highest BCUT2D eigenvalue weighted by atomic mass is 32.2. The summed E-state index contributed by atoms with van der Waals surface area (Å²) in [4.78, 5) is 12.0. The van der Waals surface area contributed by atoms with Crippen molar-refractivity contribution in [3.8, 4) is 0 Å². The van der Waals surface area contributed by atoms with Gasteiger partial charge in [-0.1, -0.05) is 17.7 Å². The van der Waals surface area contributed by atoms with Crippen LogP contribution in [0.2, 0.25) is 0 Å². The summed E-state index contributed by atoms with van der Waals surface area (Å²) in [6.45, 7) is 1.81. The van der Waals surface area contributed by atoms with E-state index in [9.17, 15) is 22.0 Å². The van der Waals surface area contributed by atoms with E-state index >= 15 is 0 Å². The molecule has 4 nitrogen and oxygen atoms in total. The molecular formula is C17H13F2NO3S. The zero-order chi connectivity index (χ0) is 17.6. The third-order valence-electron chi connectivity index (χ3n) is 3.82. The molecule has 2 aromatic carbocycles. The topological polar surface area (TPSA) is 56.1 Å². The van der Waals surface area contributed by atoms with Gasteiger partial charge in [0, 0.05) is 19.3 Å². The minimum Gasteiger partial charge on any atom is -0.349 e. The number of hydrogen-bond acceptors (Lipinski definition) is 3. The molecular weight excluding hydrogens is 336 g/mol. The Hall–Kier alpha value is -2.54. The highest BCUT2D eigenvalue weighted by Crippen LogP contribution is 2.22. The number of pyridine rings is 1. The van der Waals surface area contributed by atoms with Crippen molar-refractivity contribution >= 4 is 20.7 Å². The van der Waals surface area contributed by atoms with E-state index in [1.54, 1.807) is 12.1 Å². The van der Waals surface area contributed by atoms with Crippen LogP contribution >= 0.6 is 0 Å². The highest BCUT2D eigenvalue weighted by Gasteiger charge is 2.24. The molecule has 0 amide bonds. The summed E-state index contributed by atoms with van der Waals surface area (Å²) in [5, 5.41) is -0.190. The van der Waals surface area contributed by atoms with Crippen molar-refractivity contribution in [2.45, 2.75) is 16.7 Å². The van der Waals surface area contributed by atoms with E-state index < -0.39 is 31.8 Å². The lowest BCUT2D eigenvalue weighted by atomic mass is 10.2. The van der Waals surface area contributed by atoms with Gasteiger partial charge in [-0.3, -0.25) is 4.79 Å². The first kappa shape index (κ1) is 16.3. The van der Waals surface area contributed by atoms with Gasteiger partial charge in [0.1, 0.15) is 4.90 Å². The number of halogens is 2. The first-order chi connectivity index (χ1) is 11.2. The number of sulfone groups is 1. The molecule has 1 heterocycles. The van der Waals surface area contributed by atoms with Gasteiger partial charge in [-0.05, 0) is 25.1 Å². The van der Waals surface area contributed by atoms with E-state index in [1.807, 2.05) is 6.92 Å². The second kappa shape index (κ2) is 5.52. The Balaban J connectivity index is 2.35. The van der Waals surface area contributed by atoms with Crippen molar-refractivity contribution in [2.24, 2.45) is 7.05 Å². The number of nitrogens with zero attached hydrogens (tertiary/aromatic N) is 1. The Morgan fingerprint density at radius 2 is 1.58 bits per heavy atom. The molecule has 0 aliphatic heterocycles. The zero-order valence-corrected chi connectivity index (χ0v) is 13.7. The van der Waals surface area contributed by atoms with Crippen molar-refractivity contribution < 1.29 is 17.2 Å². The smallest absolute Gasteiger partial charge is 0.211 e.